The molecule has 8 aromatic carbocycles. The fourth-order valence-electron chi connectivity index (χ4n) is 9.73. The molecule has 4 aliphatic rings. The average molecular weight is 743 g/mol. The molecule has 4 heteroatoms. The van der Waals surface area contributed by atoms with E-state index in [-0.39, 0.29) is 12.3 Å². The van der Waals surface area contributed by atoms with Crippen molar-refractivity contribution in [2.45, 2.75) is 12.3 Å². The molecular weight excluding hydrogens is 705 g/mol. The zero-order valence-electron chi connectivity index (χ0n) is 31.8. The molecule has 0 radical (unpaired) electrons. The summed E-state index contributed by atoms with van der Waals surface area (Å²) < 4.78 is 0. The van der Waals surface area contributed by atoms with E-state index in [0.717, 1.165) is 24.5 Å². The SMILES string of the molecule is C1=CC2N=C(c3ccc(-c4c5ccccc5c(-c5c6ccccc6c(-c6ccc(C7=NC8C=CC=CN8C7)cc6)c6ccccc56)c5ccccc45)cc3)CN2C=C1. The summed E-state index contributed by atoms with van der Waals surface area (Å²) in [6, 6.07) is 54.2. The maximum Gasteiger partial charge on any atom is 0.140 e. The summed E-state index contributed by atoms with van der Waals surface area (Å²) in [5.41, 5.74) is 12.1. The van der Waals surface area contributed by atoms with Gasteiger partial charge in [-0.1, -0.05) is 158 Å². The zero-order valence-corrected chi connectivity index (χ0v) is 31.8. The van der Waals surface area contributed by atoms with Crippen LogP contribution in [0.1, 0.15) is 11.1 Å². The van der Waals surface area contributed by atoms with Crippen molar-refractivity contribution < 1.29 is 0 Å². The molecular formula is C54H38N4. The van der Waals surface area contributed by atoms with E-state index < -0.39 is 0 Å². The Balaban J connectivity index is 1.03. The van der Waals surface area contributed by atoms with Gasteiger partial charge in [-0.05, 0) is 112 Å². The Bertz CT molecular complexity index is 2850. The van der Waals surface area contributed by atoms with Gasteiger partial charge in [0.1, 0.15) is 12.3 Å². The maximum absolute atomic E-state index is 5.03. The Kier molecular flexibility index (Phi) is 7.45. The third-order valence-corrected chi connectivity index (χ3v) is 12.4. The van der Waals surface area contributed by atoms with Gasteiger partial charge in [-0.15, -0.1) is 0 Å². The van der Waals surface area contributed by atoms with Crippen LogP contribution in [0.15, 0.2) is 204 Å². The molecule has 274 valence electrons. The Morgan fingerprint density at radius 3 is 0.931 bits per heavy atom. The summed E-state index contributed by atoms with van der Waals surface area (Å²) in [4.78, 5) is 14.6. The summed E-state index contributed by atoms with van der Waals surface area (Å²) in [5.74, 6) is 0. The lowest BCUT2D eigenvalue weighted by Crippen LogP contribution is -2.25. The van der Waals surface area contributed by atoms with Crippen molar-refractivity contribution in [3.05, 3.63) is 206 Å². The normalized spacial score (nSPS) is 18.1. The second-order valence-electron chi connectivity index (χ2n) is 15.6. The van der Waals surface area contributed by atoms with Crippen LogP contribution in [0.4, 0.5) is 0 Å². The van der Waals surface area contributed by atoms with Gasteiger partial charge in [0, 0.05) is 12.4 Å². The number of allylic oxidation sites excluding steroid dienone is 4. The van der Waals surface area contributed by atoms with E-state index >= 15 is 0 Å². The topological polar surface area (TPSA) is 31.2 Å². The van der Waals surface area contributed by atoms with Gasteiger partial charge in [0.25, 0.3) is 0 Å². The van der Waals surface area contributed by atoms with Crippen LogP contribution >= 0.6 is 0 Å². The van der Waals surface area contributed by atoms with Gasteiger partial charge in [-0.25, -0.2) is 0 Å². The average Bonchev–Trinajstić information content (AvgIpc) is 3.93. The molecule has 4 heterocycles. The standard InChI is InChI=1S/C54H38N4/c1-5-17-43-39(13-1)51(37-27-23-35(24-28-37)47-33-57-31-11-9-21-49(57)55-47)40-14-2-6-18-44(40)53(43)54-45-19-7-3-15-41(45)52(42-16-4-8-20-46(42)54)38-29-25-36(26-30-38)48-34-58-32-12-10-22-50(58)56-48/h1-32,49-50H,33-34H2. The summed E-state index contributed by atoms with van der Waals surface area (Å²) in [7, 11) is 0. The molecule has 4 nitrogen and oxygen atoms in total. The minimum absolute atomic E-state index is 0.0953. The van der Waals surface area contributed by atoms with Crippen molar-refractivity contribution in [3.63, 3.8) is 0 Å². The van der Waals surface area contributed by atoms with E-state index in [4.69, 9.17) is 9.98 Å². The summed E-state index contributed by atoms with van der Waals surface area (Å²) in [5, 5.41) is 10.0. The lowest BCUT2D eigenvalue weighted by molar-refractivity contribution is 0.393. The lowest BCUT2D eigenvalue weighted by atomic mass is 9.81. The zero-order chi connectivity index (χ0) is 38.2. The van der Waals surface area contributed by atoms with E-state index in [1.54, 1.807) is 0 Å². The molecule has 0 N–H and O–H groups in total. The van der Waals surface area contributed by atoms with Gasteiger partial charge in [-0.2, -0.15) is 0 Å². The summed E-state index contributed by atoms with van der Waals surface area (Å²) >= 11 is 0. The Labute approximate surface area is 337 Å². The quantitative estimate of drug-likeness (QED) is 0.164. The number of aliphatic imine (C=N–C) groups is 2. The Morgan fingerprint density at radius 1 is 0.328 bits per heavy atom. The second kappa shape index (κ2) is 13.1. The Morgan fingerprint density at radius 2 is 0.621 bits per heavy atom. The highest BCUT2D eigenvalue weighted by Crippen LogP contribution is 2.50. The van der Waals surface area contributed by atoms with E-state index in [9.17, 15) is 0 Å². The van der Waals surface area contributed by atoms with Crippen molar-refractivity contribution in [1.29, 1.82) is 0 Å². The number of nitrogens with zero attached hydrogens (tertiary/aromatic N) is 4. The lowest BCUT2D eigenvalue weighted by Gasteiger charge is -2.22. The minimum atomic E-state index is 0.0953. The fraction of sp³-hybridized carbons (Fsp3) is 0.0741. The molecule has 0 aliphatic carbocycles. The highest BCUT2D eigenvalue weighted by atomic mass is 15.3. The number of hydrogen-bond donors (Lipinski definition) is 0. The molecule has 0 saturated carbocycles. The first-order valence-electron chi connectivity index (χ1n) is 20.2. The number of rotatable bonds is 5. The molecule has 0 spiro atoms. The highest BCUT2D eigenvalue weighted by Gasteiger charge is 2.26. The summed E-state index contributed by atoms with van der Waals surface area (Å²) in [6.45, 7) is 1.64. The van der Waals surface area contributed by atoms with Gasteiger partial charge in [0.05, 0.1) is 24.5 Å². The van der Waals surface area contributed by atoms with Crippen LogP contribution in [0.3, 0.4) is 0 Å². The van der Waals surface area contributed by atoms with Crippen molar-refractivity contribution in [3.8, 4) is 33.4 Å². The first-order chi connectivity index (χ1) is 28.8. The van der Waals surface area contributed by atoms with Crippen molar-refractivity contribution >= 4 is 54.5 Å². The van der Waals surface area contributed by atoms with Crippen LogP contribution in [0, 0.1) is 0 Å². The molecule has 2 unspecified atom stereocenters. The van der Waals surface area contributed by atoms with E-state index in [1.165, 1.54) is 87.6 Å². The number of hydrogen-bond acceptors (Lipinski definition) is 4. The second-order valence-corrected chi connectivity index (χ2v) is 15.6. The molecule has 4 aliphatic heterocycles. The number of fused-ring (bicyclic) bond motifs is 6. The molecule has 0 saturated heterocycles. The van der Waals surface area contributed by atoms with Crippen LogP contribution in [0.25, 0.3) is 76.5 Å². The van der Waals surface area contributed by atoms with Crippen molar-refractivity contribution in [1.82, 2.24) is 9.80 Å². The summed E-state index contributed by atoms with van der Waals surface area (Å²) in [6.07, 6.45) is 17.1. The molecule has 0 bridgehead atoms. The molecule has 0 aromatic heterocycles. The first kappa shape index (κ1) is 32.9. The monoisotopic (exact) mass is 742 g/mol. The van der Waals surface area contributed by atoms with Crippen LogP contribution < -0.4 is 0 Å². The van der Waals surface area contributed by atoms with E-state index in [0.29, 0.717) is 0 Å². The molecule has 8 aromatic rings. The van der Waals surface area contributed by atoms with Crippen LogP contribution in [0.5, 0.6) is 0 Å². The fourth-order valence-corrected chi connectivity index (χ4v) is 9.73. The van der Waals surface area contributed by atoms with Gasteiger partial charge >= 0.3 is 0 Å². The van der Waals surface area contributed by atoms with Gasteiger partial charge < -0.3 is 9.80 Å². The van der Waals surface area contributed by atoms with Crippen LogP contribution in [0.2, 0.25) is 0 Å². The molecule has 0 fully saturated rings. The highest BCUT2D eigenvalue weighted by molar-refractivity contribution is 6.30. The predicted octanol–water partition coefficient (Wildman–Crippen LogP) is 12.3. The molecule has 58 heavy (non-hydrogen) atoms. The van der Waals surface area contributed by atoms with Crippen molar-refractivity contribution in [2.24, 2.45) is 9.98 Å². The van der Waals surface area contributed by atoms with Crippen LogP contribution in [-0.4, -0.2) is 46.6 Å². The van der Waals surface area contributed by atoms with Gasteiger partial charge in [0.15, 0.2) is 0 Å². The van der Waals surface area contributed by atoms with Crippen LogP contribution in [-0.2, 0) is 0 Å². The van der Waals surface area contributed by atoms with Gasteiger partial charge in [-0.3, -0.25) is 9.98 Å². The first-order valence-corrected chi connectivity index (χ1v) is 20.2. The van der Waals surface area contributed by atoms with Gasteiger partial charge in [0.2, 0.25) is 0 Å². The molecule has 12 rings (SSSR count). The minimum Gasteiger partial charge on any atom is -0.347 e. The number of benzene rings is 8. The largest absolute Gasteiger partial charge is 0.347 e. The molecule has 2 atom stereocenters. The Hall–Kier alpha value is -7.30. The smallest absolute Gasteiger partial charge is 0.140 e. The predicted molar refractivity (Wildman–Crippen MR) is 243 cm³/mol. The third kappa shape index (κ3) is 5.15. The molecule has 0 amide bonds. The van der Waals surface area contributed by atoms with E-state index in [2.05, 4.69) is 204 Å². The van der Waals surface area contributed by atoms with E-state index in [1.807, 2.05) is 0 Å². The van der Waals surface area contributed by atoms with Crippen molar-refractivity contribution in [2.75, 3.05) is 13.1 Å². The maximum atomic E-state index is 5.03. The third-order valence-electron chi connectivity index (χ3n) is 12.4.